The first kappa shape index (κ1) is 21.3. The van der Waals surface area contributed by atoms with E-state index in [4.69, 9.17) is 16.3 Å². The first-order chi connectivity index (χ1) is 13.5. The summed E-state index contributed by atoms with van der Waals surface area (Å²) in [4.78, 5) is 14.8. The zero-order valence-electron chi connectivity index (χ0n) is 14.4. The summed E-state index contributed by atoms with van der Waals surface area (Å²) >= 11 is 5.93. The molecule has 29 heavy (non-hydrogen) atoms. The molecule has 0 bridgehead atoms. The summed E-state index contributed by atoms with van der Waals surface area (Å²) in [5, 5.41) is 0.339. The summed E-state index contributed by atoms with van der Waals surface area (Å²) in [7, 11) is 0. The lowest BCUT2D eigenvalue weighted by molar-refractivity contribution is -0.262. The highest BCUT2D eigenvalue weighted by Gasteiger charge is 2.45. The van der Waals surface area contributed by atoms with Gasteiger partial charge in [0.05, 0.1) is 18.1 Å². The van der Waals surface area contributed by atoms with E-state index in [1.807, 2.05) is 0 Å². The lowest BCUT2D eigenvalue weighted by Crippen LogP contribution is -2.55. The molecular formula is C18H12ClF6NO3. The fraction of sp³-hybridized carbons (Fsp3) is 0.278. The van der Waals surface area contributed by atoms with E-state index in [1.165, 1.54) is 24.3 Å². The largest absolute Gasteiger partial charge is 0.492 e. The Hall–Kier alpha value is -2.46. The van der Waals surface area contributed by atoms with Crippen LogP contribution in [0, 0.1) is 0 Å². The molecule has 0 saturated carbocycles. The van der Waals surface area contributed by atoms with Gasteiger partial charge in [0.1, 0.15) is 11.7 Å². The van der Waals surface area contributed by atoms with Crippen molar-refractivity contribution in [3.05, 3.63) is 53.1 Å². The summed E-state index contributed by atoms with van der Waals surface area (Å²) < 4.78 is 83.2. The minimum absolute atomic E-state index is 0.155. The number of benzene rings is 2. The normalized spacial score (nSPS) is 15.7. The van der Waals surface area contributed by atoms with Crippen molar-refractivity contribution in [1.29, 1.82) is 0 Å². The summed E-state index contributed by atoms with van der Waals surface area (Å²) in [6, 6.07) is 10.2. The third-order valence-corrected chi connectivity index (χ3v) is 4.32. The molecule has 2 aromatic carbocycles. The lowest BCUT2D eigenvalue weighted by atomic mass is 9.98. The van der Waals surface area contributed by atoms with Gasteiger partial charge in [0, 0.05) is 0 Å². The zero-order valence-corrected chi connectivity index (χ0v) is 15.1. The van der Waals surface area contributed by atoms with Crippen LogP contribution in [0.1, 0.15) is 5.56 Å². The van der Waals surface area contributed by atoms with Crippen molar-refractivity contribution in [2.45, 2.75) is 18.5 Å². The van der Waals surface area contributed by atoms with Gasteiger partial charge in [0.2, 0.25) is 0 Å². The van der Waals surface area contributed by atoms with E-state index in [0.717, 1.165) is 0 Å². The maximum absolute atomic E-state index is 13.8. The van der Waals surface area contributed by atoms with Crippen molar-refractivity contribution in [2.24, 2.45) is 0 Å². The van der Waals surface area contributed by atoms with Crippen molar-refractivity contribution in [3.63, 3.8) is 0 Å². The fourth-order valence-corrected chi connectivity index (χ4v) is 2.90. The number of alkyl halides is 6. The molecule has 0 aromatic heterocycles. The average molecular weight is 440 g/mol. The molecule has 4 nitrogen and oxygen atoms in total. The highest BCUT2D eigenvalue weighted by molar-refractivity contribution is 6.32. The predicted octanol–water partition coefficient (Wildman–Crippen LogP) is 5.11. The Morgan fingerprint density at radius 1 is 1.00 bits per heavy atom. The number of carbonyl (C=O) groups excluding carboxylic acids is 1. The van der Waals surface area contributed by atoms with Crippen LogP contribution in [0.25, 0.3) is 11.1 Å². The average Bonchev–Trinajstić information content (AvgIpc) is 2.59. The van der Waals surface area contributed by atoms with Crippen molar-refractivity contribution in [3.8, 4) is 16.9 Å². The van der Waals surface area contributed by atoms with Crippen molar-refractivity contribution < 1.29 is 40.7 Å². The van der Waals surface area contributed by atoms with Crippen LogP contribution in [0.5, 0.6) is 5.75 Å². The first-order valence-corrected chi connectivity index (χ1v) is 8.50. The Morgan fingerprint density at radius 2 is 1.62 bits per heavy atom. The molecule has 0 atom stereocenters. The Morgan fingerprint density at radius 3 is 2.17 bits per heavy atom. The molecule has 0 unspecified atom stereocenters. The SMILES string of the molecule is O=C(ON1CC(Oc2c(Cl)ccc(-c3ccccc3)c2C(F)(F)F)C1)C(F)(F)F. The zero-order chi connectivity index (χ0) is 21.4. The maximum Gasteiger partial charge on any atom is 0.492 e. The number of carbonyl (C=O) groups is 1. The van der Waals surface area contributed by atoms with Crippen molar-refractivity contribution in [2.75, 3.05) is 13.1 Å². The van der Waals surface area contributed by atoms with Crippen molar-refractivity contribution >= 4 is 17.6 Å². The second-order valence-electron chi connectivity index (χ2n) is 6.13. The molecule has 11 heteroatoms. The van der Waals surface area contributed by atoms with Crippen LogP contribution in [0.3, 0.4) is 0 Å². The summed E-state index contributed by atoms with van der Waals surface area (Å²) in [5.41, 5.74) is -0.963. The molecule has 156 valence electrons. The molecule has 2 aromatic rings. The van der Waals surface area contributed by atoms with E-state index in [2.05, 4.69) is 4.84 Å². The van der Waals surface area contributed by atoms with Gasteiger partial charge in [0.25, 0.3) is 0 Å². The van der Waals surface area contributed by atoms with Crippen LogP contribution in [0.2, 0.25) is 5.02 Å². The minimum Gasteiger partial charge on any atom is -0.485 e. The number of ether oxygens (including phenoxy) is 1. The Labute approximate surface area is 165 Å². The number of nitrogens with zero attached hydrogens (tertiary/aromatic N) is 1. The van der Waals surface area contributed by atoms with E-state index >= 15 is 0 Å². The molecule has 1 heterocycles. The van der Waals surface area contributed by atoms with E-state index in [0.29, 0.717) is 5.06 Å². The predicted molar refractivity (Wildman–Crippen MR) is 90.0 cm³/mol. The second kappa shape index (κ2) is 7.75. The molecule has 0 radical (unpaired) electrons. The molecular weight excluding hydrogens is 428 g/mol. The molecule has 3 rings (SSSR count). The molecule has 0 aliphatic carbocycles. The standard InChI is InChI=1S/C18H12ClF6NO3/c19-13-7-6-12(10-4-2-1-3-5-10)14(17(20,21)22)15(13)28-11-8-26(9-11)29-16(27)18(23,24)25/h1-7,11H,8-9H2. The van der Waals surface area contributed by atoms with Gasteiger partial charge in [-0.25, -0.2) is 4.79 Å². The van der Waals surface area contributed by atoms with Crippen LogP contribution in [0.4, 0.5) is 26.3 Å². The Bertz CT molecular complexity index is 895. The lowest BCUT2D eigenvalue weighted by Gasteiger charge is -2.37. The van der Waals surface area contributed by atoms with Crippen LogP contribution < -0.4 is 4.74 Å². The molecule has 0 amide bonds. The second-order valence-corrected chi connectivity index (χ2v) is 6.53. The fourth-order valence-electron chi connectivity index (χ4n) is 2.70. The summed E-state index contributed by atoms with van der Waals surface area (Å²) in [6.45, 7) is -0.685. The smallest absolute Gasteiger partial charge is 0.485 e. The van der Waals surface area contributed by atoms with Gasteiger partial charge in [0.15, 0.2) is 5.75 Å². The first-order valence-electron chi connectivity index (χ1n) is 8.12. The molecule has 0 spiro atoms. The molecule has 1 fully saturated rings. The summed E-state index contributed by atoms with van der Waals surface area (Å²) in [5.74, 6) is -3.05. The third kappa shape index (κ3) is 4.76. The molecule has 0 N–H and O–H groups in total. The van der Waals surface area contributed by atoms with Gasteiger partial charge < -0.3 is 9.57 Å². The number of hydroxylamine groups is 2. The van der Waals surface area contributed by atoms with Gasteiger partial charge in [-0.3, -0.25) is 0 Å². The number of halogens is 7. The quantitative estimate of drug-likeness (QED) is 0.621. The van der Waals surface area contributed by atoms with Gasteiger partial charge >= 0.3 is 18.3 Å². The highest BCUT2D eigenvalue weighted by atomic mass is 35.5. The van der Waals surface area contributed by atoms with E-state index < -0.39 is 35.7 Å². The van der Waals surface area contributed by atoms with Gasteiger partial charge in [-0.15, -0.1) is 5.06 Å². The minimum atomic E-state index is -5.18. The number of rotatable bonds is 4. The van der Waals surface area contributed by atoms with Gasteiger partial charge in [-0.05, 0) is 17.2 Å². The number of hydrogen-bond donors (Lipinski definition) is 0. The van der Waals surface area contributed by atoms with Crippen LogP contribution in [-0.2, 0) is 15.8 Å². The van der Waals surface area contributed by atoms with E-state index in [1.54, 1.807) is 18.2 Å². The monoisotopic (exact) mass is 439 g/mol. The topological polar surface area (TPSA) is 38.8 Å². The van der Waals surface area contributed by atoms with Gasteiger partial charge in [-0.1, -0.05) is 48.0 Å². The van der Waals surface area contributed by atoms with E-state index in [9.17, 15) is 31.1 Å². The summed E-state index contributed by atoms with van der Waals surface area (Å²) in [6.07, 6.45) is -10.9. The highest BCUT2D eigenvalue weighted by Crippen LogP contribution is 2.46. The van der Waals surface area contributed by atoms with Gasteiger partial charge in [-0.2, -0.15) is 26.3 Å². The van der Waals surface area contributed by atoms with Crippen LogP contribution >= 0.6 is 11.6 Å². The van der Waals surface area contributed by atoms with E-state index in [-0.39, 0.29) is 29.2 Å². The molecule has 1 saturated heterocycles. The third-order valence-electron chi connectivity index (χ3n) is 4.02. The van der Waals surface area contributed by atoms with Crippen molar-refractivity contribution in [1.82, 2.24) is 5.06 Å². The molecule has 1 aliphatic heterocycles. The Kier molecular flexibility index (Phi) is 5.68. The maximum atomic E-state index is 13.8. The molecule has 1 aliphatic rings. The Balaban J connectivity index is 1.83. The van der Waals surface area contributed by atoms with Crippen LogP contribution in [-0.4, -0.2) is 36.4 Å². The van der Waals surface area contributed by atoms with Crippen LogP contribution in [0.15, 0.2) is 42.5 Å². The number of hydrogen-bond acceptors (Lipinski definition) is 4.